The lowest BCUT2D eigenvalue weighted by Gasteiger charge is -2.39. The van der Waals surface area contributed by atoms with Crippen molar-refractivity contribution in [2.75, 3.05) is 37.6 Å². The first kappa shape index (κ1) is 17.4. The van der Waals surface area contributed by atoms with Gasteiger partial charge in [-0.3, -0.25) is 9.69 Å². The van der Waals surface area contributed by atoms with Crippen LogP contribution in [0.4, 0.5) is 10.6 Å². The van der Waals surface area contributed by atoms with E-state index in [-0.39, 0.29) is 18.1 Å². The summed E-state index contributed by atoms with van der Waals surface area (Å²) in [4.78, 5) is 35.3. The summed E-state index contributed by atoms with van der Waals surface area (Å²) in [5, 5.41) is 3.01. The fourth-order valence-electron chi connectivity index (χ4n) is 2.52. The molecule has 2 saturated heterocycles. The Morgan fingerprint density at radius 2 is 2.04 bits per heavy atom. The van der Waals surface area contributed by atoms with Gasteiger partial charge in [-0.1, -0.05) is 0 Å². The van der Waals surface area contributed by atoms with Gasteiger partial charge in [-0.15, -0.1) is 0 Å². The third-order valence-electron chi connectivity index (χ3n) is 3.77. The Balaban J connectivity index is 1.49. The first-order valence-electron chi connectivity index (χ1n) is 8.29. The number of piperazine rings is 1. The van der Waals surface area contributed by atoms with Gasteiger partial charge in [0.15, 0.2) is 5.82 Å². The molecule has 9 heteroatoms. The molecule has 2 fully saturated rings. The standard InChI is InChI=1S/C16H23N5O4/c1-16(2,3)25-15(23)20-9-11(10-20)24-13-7-18-12(6-19-13)21-5-4-17-8-14(21)22/h6-7,11,17H,4-5,8-10H2,1-3H3. The van der Waals surface area contributed by atoms with Crippen LogP contribution < -0.4 is 15.0 Å². The Bertz CT molecular complexity index is 637. The maximum atomic E-state index is 11.9. The van der Waals surface area contributed by atoms with Gasteiger partial charge in [0.05, 0.1) is 32.0 Å². The minimum Gasteiger partial charge on any atom is -0.469 e. The molecule has 2 aliphatic rings. The fourth-order valence-corrected chi connectivity index (χ4v) is 2.52. The predicted molar refractivity (Wildman–Crippen MR) is 89.5 cm³/mol. The highest BCUT2D eigenvalue weighted by atomic mass is 16.6. The maximum Gasteiger partial charge on any atom is 0.410 e. The van der Waals surface area contributed by atoms with Crippen molar-refractivity contribution in [3.8, 4) is 5.88 Å². The number of carbonyl (C=O) groups is 2. The zero-order valence-electron chi connectivity index (χ0n) is 14.7. The number of nitrogens with one attached hydrogen (secondary N) is 1. The van der Waals surface area contributed by atoms with Crippen molar-refractivity contribution in [3.05, 3.63) is 12.4 Å². The lowest BCUT2D eigenvalue weighted by molar-refractivity contribution is -0.118. The second-order valence-corrected chi connectivity index (χ2v) is 7.06. The number of nitrogens with zero attached hydrogens (tertiary/aromatic N) is 4. The van der Waals surface area contributed by atoms with Crippen molar-refractivity contribution in [2.45, 2.75) is 32.5 Å². The zero-order valence-corrected chi connectivity index (χ0v) is 14.7. The van der Waals surface area contributed by atoms with E-state index in [1.54, 1.807) is 9.80 Å². The summed E-state index contributed by atoms with van der Waals surface area (Å²) >= 11 is 0. The van der Waals surface area contributed by atoms with E-state index in [2.05, 4.69) is 15.3 Å². The van der Waals surface area contributed by atoms with Crippen LogP contribution in [0.3, 0.4) is 0 Å². The molecule has 0 bridgehead atoms. The molecule has 0 spiro atoms. The van der Waals surface area contributed by atoms with Crippen LogP contribution in [0.5, 0.6) is 5.88 Å². The molecule has 2 aliphatic heterocycles. The topological polar surface area (TPSA) is 96.9 Å². The van der Waals surface area contributed by atoms with E-state index >= 15 is 0 Å². The van der Waals surface area contributed by atoms with Gasteiger partial charge >= 0.3 is 6.09 Å². The molecule has 0 aromatic carbocycles. The smallest absolute Gasteiger partial charge is 0.410 e. The average Bonchev–Trinajstić information content (AvgIpc) is 2.50. The normalized spacial score (nSPS) is 18.8. The molecule has 0 saturated carbocycles. The Labute approximate surface area is 146 Å². The number of amides is 2. The zero-order chi connectivity index (χ0) is 18.0. The van der Waals surface area contributed by atoms with Crippen molar-refractivity contribution in [3.63, 3.8) is 0 Å². The molecule has 0 aliphatic carbocycles. The van der Waals surface area contributed by atoms with Gasteiger partial charge in [-0.25, -0.2) is 14.8 Å². The number of hydrogen-bond acceptors (Lipinski definition) is 7. The molecule has 25 heavy (non-hydrogen) atoms. The van der Waals surface area contributed by atoms with Crippen LogP contribution in [0.1, 0.15) is 20.8 Å². The van der Waals surface area contributed by atoms with Crippen LogP contribution in [0.2, 0.25) is 0 Å². The first-order valence-corrected chi connectivity index (χ1v) is 8.29. The van der Waals surface area contributed by atoms with Crippen LogP contribution in [0.25, 0.3) is 0 Å². The number of anilines is 1. The highest BCUT2D eigenvalue weighted by molar-refractivity contribution is 5.94. The van der Waals surface area contributed by atoms with E-state index in [9.17, 15) is 9.59 Å². The summed E-state index contributed by atoms with van der Waals surface area (Å²) in [6, 6.07) is 0. The van der Waals surface area contributed by atoms with Gasteiger partial charge < -0.3 is 19.7 Å². The van der Waals surface area contributed by atoms with Gasteiger partial charge in [0.25, 0.3) is 0 Å². The summed E-state index contributed by atoms with van der Waals surface area (Å²) in [5.74, 6) is 0.865. The van der Waals surface area contributed by atoms with E-state index in [0.717, 1.165) is 6.54 Å². The minimum atomic E-state index is -0.508. The molecule has 1 N–H and O–H groups in total. The van der Waals surface area contributed by atoms with E-state index in [1.165, 1.54) is 12.4 Å². The van der Waals surface area contributed by atoms with E-state index < -0.39 is 5.60 Å². The minimum absolute atomic E-state index is 0.0267. The summed E-state index contributed by atoms with van der Waals surface area (Å²) in [6.45, 7) is 8.01. The predicted octanol–water partition coefficient (Wildman–Crippen LogP) is 0.411. The third-order valence-corrected chi connectivity index (χ3v) is 3.77. The quantitative estimate of drug-likeness (QED) is 0.844. The summed E-state index contributed by atoms with van der Waals surface area (Å²) < 4.78 is 11.0. The number of ether oxygens (including phenoxy) is 2. The average molecular weight is 349 g/mol. The van der Waals surface area contributed by atoms with Crippen LogP contribution in [0.15, 0.2) is 12.4 Å². The Kier molecular flexibility index (Phi) is 4.76. The fraction of sp³-hybridized carbons (Fsp3) is 0.625. The number of rotatable bonds is 3. The van der Waals surface area contributed by atoms with Crippen molar-refractivity contribution >= 4 is 17.8 Å². The Morgan fingerprint density at radius 3 is 2.64 bits per heavy atom. The SMILES string of the molecule is CC(C)(C)OC(=O)N1CC(Oc2cnc(N3CCNCC3=O)cn2)C1. The highest BCUT2D eigenvalue weighted by Gasteiger charge is 2.35. The molecule has 0 radical (unpaired) electrons. The van der Waals surface area contributed by atoms with Crippen molar-refractivity contribution < 1.29 is 19.1 Å². The van der Waals surface area contributed by atoms with Gasteiger partial charge in [-0.2, -0.15) is 0 Å². The van der Waals surface area contributed by atoms with Crippen molar-refractivity contribution in [1.29, 1.82) is 0 Å². The monoisotopic (exact) mass is 349 g/mol. The van der Waals surface area contributed by atoms with Crippen molar-refractivity contribution in [2.24, 2.45) is 0 Å². The largest absolute Gasteiger partial charge is 0.469 e. The van der Waals surface area contributed by atoms with Crippen LogP contribution in [0, 0.1) is 0 Å². The number of carbonyl (C=O) groups excluding carboxylic acids is 2. The van der Waals surface area contributed by atoms with Gasteiger partial charge in [0.2, 0.25) is 11.8 Å². The van der Waals surface area contributed by atoms with Gasteiger partial charge in [0.1, 0.15) is 11.7 Å². The highest BCUT2D eigenvalue weighted by Crippen LogP contribution is 2.20. The van der Waals surface area contributed by atoms with Gasteiger partial charge in [-0.05, 0) is 20.8 Å². The summed E-state index contributed by atoms with van der Waals surface area (Å²) in [6.07, 6.45) is 2.56. The molecular formula is C16H23N5O4. The molecule has 3 heterocycles. The molecule has 136 valence electrons. The van der Waals surface area contributed by atoms with Gasteiger partial charge in [0, 0.05) is 13.1 Å². The van der Waals surface area contributed by atoms with Crippen molar-refractivity contribution in [1.82, 2.24) is 20.2 Å². The number of hydrogen-bond donors (Lipinski definition) is 1. The van der Waals surface area contributed by atoms with E-state index in [4.69, 9.17) is 9.47 Å². The molecule has 1 aromatic heterocycles. The molecule has 1 aromatic rings. The summed E-state index contributed by atoms with van der Waals surface area (Å²) in [7, 11) is 0. The Morgan fingerprint density at radius 1 is 1.28 bits per heavy atom. The van der Waals surface area contributed by atoms with Crippen LogP contribution in [-0.2, 0) is 9.53 Å². The lowest BCUT2D eigenvalue weighted by Crippen LogP contribution is -2.57. The number of aromatic nitrogens is 2. The molecule has 0 unspecified atom stereocenters. The lowest BCUT2D eigenvalue weighted by atomic mass is 10.2. The van der Waals surface area contributed by atoms with Crippen LogP contribution >= 0.6 is 0 Å². The molecule has 0 atom stereocenters. The molecule has 9 nitrogen and oxygen atoms in total. The molecular weight excluding hydrogens is 326 g/mol. The second-order valence-electron chi connectivity index (χ2n) is 7.06. The Hall–Kier alpha value is -2.42. The first-order chi connectivity index (χ1) is 11.8. The molecule has 3 rings (SSSR count). The third kappa shape index (κ3) is 4.36. The van der Waals surface area contributed by atoms with Crippen LogP contribution in [-0.4, -0.2) is 71.3 Å². The van der Waals surface area contributed by atoms with E-state index in [0.29, 0.717) is 37.9 Å². The van der Waals surface area contributed by atoms with E-state index in [1.807, 2.05) is 20.8 Å². The maximum absolute atomic E-state index is 11.9. The number of likely N-dealkylation sites (tertiary alicyclic amines) is 1. The second kappa shape index (κ2) is 6.83. The molecule has 2 amide bonds. The summed E-state index contributed by atoms with van der Waals surface area (Å²) in [5.41, 5.74) is -0.508.